The van der Waals surface area contributed by atoms with Gasteiger partial charge >= 0.3 is 6.03 Å². The molecule has 0 spiro atoms. The minimum absolute atomic E-state index is 0.124. The van der Waals surface area contributed by atoms with E-state index in [2.05, 4.69) is 20.8 Å². The molecule has 1 fully saturated rings. The molecule has 2 amide bonds. The van der Waals surface area contributed by atoms with Gasteiger partial charge in [-0.05, 0) is 13.3 Å². The minimum Gasteiger partial charge on any atom is -0.379 e. The number of aryl methyl sites for hydroxylation is 1. The summed E-state index contributed by atoms with van der Waals surface area (Å²) in [6, 6.07) is -0.0646. The van der Waals surface area contributed by atoms with Crippen LogP contribution in [0, 0.1) is 0 Å². The maximum Gasteiger partial charge on any atom is 0.315 e. The Bertz CT molecular complexity index is 373. The Morgan fingerprint density at radius 1 is 1.71 bits per heavy atom. The zero-order valence-corrected chi connectivity index (χ0v) is 9.85. The van der Waals surface area contributed by atoms with Gasteiger partial charge in [0.05, 0.1) is 19.2 Å². The van der Waals surface area contributed by atoms with Crippen molar-refractivity contribution in [1.29, 1.82) is 0 Å². The van der Waals surface area contributed by atoms with Crippen LogP contribution in [0.25, 0.3) is 0 Å². The lowest BCUT2D eigenvalue weighted by atomic mass is 10.3. The summed E-state index contributed by atoms with van der Waals surface area (Å²) in [5.74, 6) is 0.755. The monoisotopic (exact) mass is 239 g/mol. The Morgan fingerprint density at radius 3 is 3.29 bits per heavy atom. The van der Waals surface area contributed by atoms with Crippen LogP contribution >= 0.6 is 0 Å². The summed E-state index contributed by atoms with van der Waals surface area (Å²) < 4.78 is 7.06. The first-order valence-electron chi connectivity index (χ1n) is 5.78. The maximum atomic E-state index is 11.6. The second-order valence-corrected chi connectivity index (χ2v) is 3.92. The molecule has 1 unspecified atom stereocenters. The second-order valence-electron chi connectivity index (χ2n) is 3.92. The number of hydrogen-bond acceptors (Lipinski definition) is 4. The SMILES string of the molecule is CCn1cnnc1CNC(=O)NC1CCOC1. The van der Waals surface area contributed by atoms with Crippen LogP contribution < -0.4 is 10.6 Å². The van der Waals surface area contributed by atoms with Crippen LogP contribution in [0.2, 0.25) is 0 Å². The van der Waals surface area contributed by atoms with Gasteiger partial charge in [0.15, 0.2) is 5.82 Å². The number of rotatable bonds is 4. The normalized spacial score (nSPS) is 19.2. The quantitative estimate of drug-likeness (QED) is 0.768. The molecule has 2 N–H and O–H groups in total. The number of urea groups is 1. The third-order valence-corrected chi connectivity index (χ3v) is 2.71. The van der Waals surface area contributed by atoms with E-state index in [1.54, 1.807) is 6.33 Å². The van der Waals surface area contributed by atoms with E-state index in [0.29, 0.717) is 13.2 Å². The highest BCUT2D eigenvalue weighted by atomic mass is 16.5. The van der Waals surface area contributed by atoms with Gasteiger partial charge in [-0.3, -0.25) is 0 Å². The standard InChI is InChI=1S/C10H17N5O2/c1-2-15-7-12-14-9(15)5-11-10(16)13-8-3-4-17-6-8/h7-8H,2-6H2,1H3,(H2,11,13,16). The Morgan fingerprint density at radius 2 is 2.59 bits per heavy atom. The molecule has 2 heterocycles. The van der Waals surface area contributed by atoms with Crippen LogP contribution in [0.5, 0.6) is 0 Å². The molecule has 7 heteroatoms. The highest BCUT2D eigenvalue weighted by Gasteiger charge is 2.17. The van der Waals surface area contributed by atoms with Crippen molar-refractivity contribution in [3.63, 3.8) is 0 Å². The van der Waals surface area contributed by atoms with Crippen molar-refractivity contribution in [3.05, 3.63) is 12.2 Å². The predicted molar refractivity (Wildman–Crippen MR) is 60.3 cm³/mol. The van der Waals surface area contributed by atoms with Gasteiger partial charge in [0.25, 0.3) is 0 Å². The molecule has 17 heavy (non-hydrogen) atoms. The lowest BCUT2D eigenvalue weighted by Gasteiger charge is -2.11. The summed E-state index contributed by atoms with van der Waals surface area (Å²) >= 11 is 0. The predicted octanol–water partition coefficient (Wildman–Crippen LogP) is -0.114. The number of carbonyl (C=O) groups excluding carboxylic acids is 1. The molecule has 0 saturated carbocycles. The number of nitrogens with zero attached hydrogens (tertiary/aromatic N) is 3. The van der Waals surface area contributed by atoms with Crippen LogP contribution in [-0.2, 0) is 17.8 Å². The molecule has 2 rings (SSSR count). The molecule has 1 atom stereocenters. The third kappa shape index (κ3) is 3.16. The van der Waals surface area contributed by atoms with Crippen molar-refractivity contribution >= 4 is 6.03 Å². The molecule has 1 saturated heterocycles. The van der Waals surface area contributed by atoms with Crippen molar-refractivity contribution in [3.8, 4) is 0 Å². The second kappa shape index (κ2) is 5.62. The summed E-state index contributed by atoms with van der Waals surface area (Å²) in [4.78, 5) is 11.6. The summed E-state index contributed by atoms with van der Waals surface area (Å²) in [6.45, 7) is 4.49. The minimum atomic E-state index is -0.189. The van der Waals surface area contributed by atoms with Gasteiger partial charge < -0.3 is 19.9 Å². The lowest BCUT2D eigenvalue weighted by molar-refractivity contribution is 0.188. The summed E-state index contributed by atoms with van der Waals surface area (Å²) in [6.07, 6.45) is 2.53. The number of ether oxygens (including phenoxy) is 1. The van der Waals surface area contributed by atoms with Crippen molar-refractivity contribution in [2.75, 3.05) is 13.2 Å². The van der Waals surface area contributed by atoms with E-state index in [4.69, 9.17) is 4.74 Å². The first-order valence-corrected chi connectivity index (χ1v) is 5.78. The van der Waals surface area contributed by atoms with Crippen molar-refractivity contribution in [1.82, 2.24) is 25.4 Å². The van der Waals surface area contributed by atoms with Crippen LogP contribution in [-0.4, -0.2) is 40.1 Å². The molecular formula is C10H17N5O2. The van der Waals surface area contributed by atoms with Gasteiger partial charge in [0, 0.05) is 13.2 Å². The summed E-state index contributed by atoms with van der Waals surface area (Å²) in [5.41, 5.74) is 0. The van der Waals surface area contributed by atoms with E-state index in [1.165, 1.54) is 0 Å². The average molecular weight is 239 g/mol. The molecular weight excluding hydrogens is 222 g/mol. The first kappa shape index (κ1) is 11.8. The molecule has 1 aliphatic rings. The maximum absolute atomic E-state index is 11.6. The van der Waals surface area contributed by atoms with E-state index in [9.17, 15) is 4.79 Å². The van der Waals surface area contributed by atoms with Gasteiger partial charge in [-0.2, -0.15) is 0 Å². The topological polar surface area (TPSA) is 81.1 Å². The Balaban J connectivity index is 1.75. The van der Waals surface area contributed by atoms with E-state index in [0.717, 1.165) is 25.4 Å². The van der Waals surface area contributed by atoms with Crippen molar-refractivity contribution in [2.24, 2.45) is 0 Å². The number of nitrogens with one attached hydrogen (secondary N) is 2. The van der Waals surface area contributed by atoms with Crippen molar-refractivity contribution in [2.45, 2.75) is 32.5 Å². The van der Waals surface area contributed by atoms with Gasteiger partial charge in [-0.25, -0.2) is 4.79 Å². The molecule has 0 radical (unpaired) electrons. The fourth-order valence-electron chi connectivity index (χ4n) is 1.72. The molecule has 1 aromatic heterocycles. The number of amides is 2. The molecule has 1 aliphatic heterocycles. The highest BCUT2D eigenvalue weighted by Crippen LogP contribution is 2.02. The van der Waals surface area contributed by atoms with E-state index in [-0.39, 0.29) is 12.1 Å². The van der Waals surface area contributed by atoms with Crippen molar-refractivity contribution < 1.29 is 9.53 Å². The van der Waals surface area contributed by atoms with Gasteiger partial charge in [0.2, 0.25) is 0 Å². The number of hydrogen-bond donors (Lipinski definition) is 2. The molecule has 0 aromatic carbocycles. The fraction of sp³-hybridized carbons (Fsp3) is 0.700. The Hall–Kier alpha value is -1.63. The number of aromatic nitrogens is 3. The van der Waals surface area contributed by atoms with Crippen LogP contribution in [0.1, 0.15) is 19.2 Å². The van der Waals surface area contributed by atoms with E-state index >= 15 is 0 Å². The highest BCUT2D eigenvalue weighted by molar-refractivity contribution is 5.74. The smallest absolute Gasteiger partial charge is 0.315 e. The Kier molecular flexibility index (Phi) is 3.92. The fourth-order valence-corrected chi connectivity index (χ4v) is 1.72. The Labute approximate surface area is 99.5 Å². The number of carbonyl (C=O) groups is 1. The first-order chi connectivity index (χ1) is 8.29. The van der Waals surface area contributed by atoms with Gasteiger partial charge in [-0.1, -0.05) is 0 Å². The molecule has 94 valence electrons. The van der Waals surface area contributed by atoms with E-state index < -0.39 is 0 Å². The van der Waals surface area contributed by atoms with Crippen LogP contribution in [0.15, 0.2) is 6.33 Å². The summed E-state index contributed by atoms with van der Waals surface area (Å²) in [5, 5.41) is 13.3. The molecule has 1 aromatic rings. The zero-order valence-electron chi connectivity index (χ0n) is 9.85. The third-order valence-electron chi connectivity index (χ3n) is 2.71. The molecule has 0 bridgehead atoms. The zero-order chi connectivity index (χ0) is 12.1. The molecule has 0 aliphatic carbocycles. The van der Waals surface area contributed by atoms with Crippen LogP contribution in [0.4, 0.5) is 4.79 Å². The van der Waals surface area contributed by atoms with Gasteiger partial charge in [-0.15, -0.1) is 10.2 Å². The van der Waals surface area contributed by atoms with E-state index in [1.807, 2.05) is 11.5 Å². The largest absolute Gasteiger partial charge is 0.379 e. The summed E-state index contributed by atoms with van der Waals surface area (Å²) in [7, 11) is 0. The lowest BCUT2D eigenvalue weighted by Crippen LogP contribution is -2.42. The average Bonchev–Trinajstić information content (AvgIpc) is 2.96. The van der Waals surface area contributed by atoms with Crippen LogP contribution in [0.3, 0.4) is 0 Å². The van der Waals surface area contributed by atoms with Gasteiger partial charge in [0.1, 0.15) is 6.33 Å². The molecule has 7 nitrogen and oxygen atoms in total.